The molecule has 0 saturated heterocycles. The number of hydrogen-bond acceptors (Lipinski definition) is 5. The van der Waals surface area contributed by atoms with Crippen LogP contribution in [-0.4, -0.2) is 66.5 Å². The van der Waals surface area contributed by atoms with Crippen LogP contribution in [0.2, 0.25) is 0 Å². The van der Waals surface area contributed by atoms with Crippen molar-refractivity contribution in [1.82, 2.24) is 9.88 Å². The average Bonchev–Trinajstić information content (AvgIpc) is 2.52. The minimum Gasteiger partial charge on any atom is -0.406 e. The first-order valence-electron chi connectivity index (χ1n) is 8.34. The third-order valence-corrected chi connectivity index (χ3v) is 3.26. The fourth-order valence-electron chi connectivity index (χ4n) is 1.90. The van der Waals surface area contributed by atoms with Crippen molar-refractivity contribution >= 4 is 24.4 Å². The van der Waals surface area contributed by atoms with E-state index in [2.05, 4.69) is 11.7 Å². The Balaban J connectivity index is 2.68. The number of carbonyl (C=O) groups is 2. The first-order valence-corrected chi connectivity index (χ1v) is 8.34. The maximum Gasteiger partial charge on any atom is 0.596 e. The van der Waals surface area contributed by atoms with Gasteiger partial charge in [0, 0.05) is 19.7 Å². The predicted molar refractivity (Wildman–Crippen MR) is 103 cm³/mol. The second-order valence-corrected chi connectivity index (χ2v) is 7.25. The van der Waals surface area contributed by atoms with Crippen molar-refractivity contribution in [3.63, 3.8) is 0 Å². The van der Waals surface area contributed by atoms with Gasteiger partial charge in [0.25, 0.3) is 0 Å². The molecule has 0 radical (unpaired) electrons. The lowest BCUT2D eigenvalue weighted by Crippen LogP contribution is -2.30. The summed E-state index contributed by atoms with van der Waals surface area (Å²) in [5, 5.41) is 0. The quantitative estimate of drug-likeness (QED) is 0.442. The molecule has 0 bridgehead atoms. The molecule has 0 atom stereocenters. The third kappa shape index (κ3) is 7.57. The van der Waals surface area contributed by atoms with Crippen LogP contribution >= 0.6 is 0 Å². The fourth-order valence-corrected chi connectivity index (χ4v) is 1.90. The first-order chi connectivity index (χ1) is 12.0. The van der Waals surface area contributed by atoms with Gasteiger partial charge < -0.3 is 14.5 Å². The number of nitrogens with zero attached hydrogens (tertiary/aromatic N) is 4. The summed E-state index contributed by atoms with van der Waals surface area (Å²) in [5.74, 6) is -0.131. The molecule has 2 amide bonds. The minimum absolute atomic E-state index is 0.131. The molecule has 0 spiro atoms. The molecule has 0 fully saturated rings. The zero-order valence-electron chi connectivity index (χ0n) is 16.5. The summed E-state index contributed by atoms with van der Waals surface area (Å²) in [6.45, 7) is 10.00. The molecular weight excluding hydrogens is 332 g/mol. The third-order valence-electron chi connectivity index (χ3n) is 3.26. The highest BCUT2D eigenvalue weighted by Gasteiger charge is 2.25. The zero-order chi connectivity index (χ0) is 19.9. The Morgan fingerprint density at radius 3 is 2.42 bits per heavy atom. The smallest absolute Gasteiger partial charge is 0.406 e. The van der Waals surface area contributed by atoms with E-state index in [1.165, 1.54) is 15.6 Å². The number of aromatic nitrogens is 1. The van der Waals surface area contributed by atoms with Gasteiger partial charge in [0.15, 0.2) is 6.54 Å². The van der Waals surface area contributed by atoms with Crippen LogP contribution in [0.5, 0.6) is 0 Å². The Kier molecular flexibility index (Phi) is 7.64. The molecule has 1 heterocycles. The first kappa shape index (κ1) is 21.5. The molecule has 0 unspecified atom stereocenters. The maximum atomic E-state index is 12.1. The molecule has 0 aliphatic heterocycles. The lowest BCUT2D eigenvalue weighted by Gasteiger charge is -2.17. The number of hydrogen-bond donors (Lipinski definition) is 0. The summed E-state index contributed by atoms with van der Waals surface area (Å²) in [6.07, 6.45) is 4.42. The van der Waals surface area contributed by atoms with Gasteiger partial charge in [0.05, 0.1) is 11.9 Å². The summed E-state index contributed by atoms with van der Waals surface area (Å²) in [6, 6.07) is 3.54. The maximum absolute atomic E-state index is 12.1. The average molecular weight is 361 g/mol. The Labute approximate surface area is 155 Å². The molecule has 1 aromatic rings. The van der Waals surface area contributed by atoms with Crippen molar-refractivity contribution < 1.29 is 18.9 Å². The molecule has 0 aliphatic rings. The molecule has 0 aromatic carbocycles. The number of likely N-dealkylation sites (N-methyl/N-ethyl adjacent to an activating group) is 2. The van der Waals surface area contributed by atoms with Crippen LogP contribution in [0.1, 0.15) is 26.5 Å². The van der Waals surface area contributed by atoms with Gasteiger partial charge >= 0.3 is 6.09 Å². The molecule has 1 aromatic heterocycles. The van der Waals surface area contributed by atoms with E-state index in [-0.39, 0.29) is 12.5 Å². The largest absolute Gasteiger partial charge is 0.596 e. The van der Waals surface area contributed by atoms with Crippen LogP contribution in [0.25, 0.3) is 0 Å². The van der Waals surface area contributed by atoms with Crippen LogP contribution in [0.3, 0.4) is 0 Å². The normalized spacial score (nSPS) is 11.7. The van der Waals surface area contributed by atoms with Gasteiger partial charge in [-0.1, -0.05) is 6.08 Å². The zero-order valence-corrected chi connectivity index (χ0v) is 16.5. The van der Waals surface area contributed by atoms with E-state index in [1.54, 1.807) is 46.1 Å². The van der Waals surface area contributed by atoms with E-state index in [0.717, 1.165) is 0 Å². The van der Waals surface area contributed by atoms with Crippen molar-refractivity contribution in [3.8, 4) is 0 Å². The van der Waals surface area contributed by atoms with Crippen molar-refractivity contribution in [2.75, 3.05) is 32.6 Å². The number of rotatable bonds is 6. The lowest BCUT2D eigenvalue weighted by atomic mass is 10.2. The molecule has 7 nitrogen and oxygen atoms in total. The van der Waals surface area contributed by atoms with Crippen LogP contribution < -0.4 is 4.90 Å². The fraction of sp³-hybridized carbons (Fsp3) is 0.474. The van der Waals surface area contributed by atoms with E-state index in [1.807, 2.05) is 25.1 Å². The van der Waals surface area contributed by atoms with Crippen molar-refractivity contribution in [1.29, 1.82) is 0 Å². The van der Waals surface area contributed by atoms with Gasteiger partial charge in [0.2, 0.25) is 5.91 Å². The molecule has 142 valence electrons. The Hall–Kier alpha value is -2.54. The SMILES string of the molecule is C=[N+](Cc1ccc(N(C)C(=O)C=CCN(C)C)cn1)C(=O)OC(C)(C)C. The van der Waals surface area contributed by atoms with E-state index < -0.39 is 11.7 Å². The Morgan fingerprint density at radius 2 is 1.92 bits per heavy atom. The monoisotopic (exact) mass is 361 g/mol. The van der Waals surface area contributed by atoms with Crippen LogP contribution in [-0.2, 0) is 16.1 Å². The van der Waals surface area contributed by atoms with Crippen LogP contribution in [0.15, 0.2) is 30.5 Å². The van der Waals surface area contributed by atoms with Crippen LogP contribution in [0.4, 0.5) is 10.5 Å². The standard InChI is InChI=1S/C19H29N4O3/c1-19(2,3)26-18(25)22(6)14-15-10-11-16(13-20-15)23(7)17(24)9-8-12-21(4)5/h8-11,13H,6,12,14H2,1-5,7H3/q+1. The van der Waals surface area contributed by atoms with E-state index in [9.17, 15) is 9.59 Å². The molecule has 26 heavy (non-hydrogen) atoms. The second kappa shape index (κ2) is 9.24. The van der Waals surface area contributed by atoms with E-state index >= 15 is 0 Å². The van der Waals surface area contributed by atoms with Crippen molar-refractivity contribution in [3.05, 3.63) is 36.2 Å². The Morgan fingerprint density at radius 1 is 1.27 bits per heavy atom. The number of pyridine rings is 1. The number of carbonyl (C=O) groups excluding carboxylic acids is 2. The van der Waals surface area contributed by atoms with Gasteiger partial charge in [-0.15, -0.1) is 4.58 Å². The Bertz CT molecular complexity index is 673. The van der Waals surface area contributed by atoms with Gasteiger partial charge in [-0.25, -0.2) is 0 Å². The topological polar surface area (TPSA) is 65.8 Å². The van der Waals surface area contributed by atoms with Gasteiger partial charge in [-0.3, -0.25) is 9.78 Å². The highest BCUT2D eigenvalue weighted by atomic mass is 16.6. The molecule has 0 saturated carbocycles. The van der Waals surface area contributed by atoms with Gasteiger partial charge in [0.1, 0.15) is 18.0 Å². The molecule has 7 heteroatoms. The second-order valence-electron chi connectivity index (χ2n) is 7.25. The predicted octanol–water partition coefficient (Wildman–Crippen LogP) is 2.31. The summed E-state index contributed by atoms with van der Waals surface area (Å²) >= 11 is 0. The molecule has 1 rings (SSSR count). The van der Waals surface area contributed by atoms with Gasteiger partial charge in [-0.05, 0) is 47.0 Å². The van der Waals surface area contributed by atoms with Crippen LogP contribution in [0, 0.1) is 0 Å². The van der Waals surface area contributed by atoms with Crippen molar-refractivity contribution in [2.45, 2.75) is 32.9 Å². The minimum atomic E-state index is -0.576. The number of anilines is 1. The van der Waals surface area contributed by atoms with E-state index in [0.29, 0.717) is 17.9 Å². The summed E-state index contributed by atoms with van der Waals surface area (Å²) in [5.41, 5.74) is 0.743. The molecular formula is C19H29N4O3+. The number of amides is 2. The lowest BCUT2D eigenvalue weighted by molar-refractivity contribution is -0.459. The summed E-state index contributed by atoms with van der Waals surface area (Å²) < 4.78 is 6.47. The summed E-state index contributed by atoms with van der Waals surface area (Å²) in [4.78, 5) is 31.8. The summed E-state index contributed by atoms with van der Waals surface area (Å²) in [7, 11) is 5.56. The number of ether oxygens (including phenoxy) is 1. The van der Waals surface area contributed by atoms with E-state index in [4.69, 9.17) is 4.74 Å². The van der Waals surface area contributed by atoms with Crippen molar-refractivity contribution in [2.24, 2.45) is 0 Å². The highest BCUT2D eigenvalue weighted by molar-refractivity contribution is 6.00. The molecule has 0 N–H and O–H groups in total. The van der Waals surface area contributed by atoms with Gasteiger partial charge in [-0.2, -0.15) is 4.79 Å². The highest BCUT2D eigenvalue weighted by Crippen LogP contribution is 2.13. The molecule has 0 aliphatic carbocycles.